The summed E-state index contributed by atoms with van der Waals surface area (Å²) >= 11 is 0. The molecule has 1 aromatic rings. The molecular weight excluding hydrogens is 312 g/mol. The third-order valence-electron chi connectivity index (χ3n) is 3.49. The third-order valence-corrected chi connectivity index (χ3v) is 3.49. The summed E-state index contributed by atoms with van der Waals surface area (Å²) in [4.78, 5) is 36.7. The number of ether oxygens (including phenoxy) is 1. The van der Waals surface area contributed by atoms with Gasteiger partial charge in [0.05, 0.1) is 13.2 Å². The van der Waals surface area contributed by atoms with Crippen LogP contribution in [0.5, 0.6) is 0 Å². The van der Waals surface area contributed by atoms with E-state index in [4.69, 9.17) is 4.74 Å². The summed E-state index contributed by atoms with van der Waals surface area (Å²) in [7, 11) is 0. The van der Waals surface area contributed by atoms with Crippen LogP contribution in [0.15, 0.2) is 24.3 Å². The van der Waals surface area contributed by atoms with Crippen LogP contribution in [0.1, 0.15) is 6.92 Å². The fraction of sp³-hybridized carbons (Fsp3) is 0.438. The first-order valence-electron chi connectivity index (χ1n) is 7.81. The van der Waals surface area contributed by atoms with Gasteiger partial charge in [0.1, 0.15) is 0 Å². The van der Waals surface area contributed by atoms with E-state index in [1.807, 2.05) is 0 Å². The lowest BCUT2D eigenvalue weighted by Gasteiger charge is -2.26. The third kappa shape index (κ3) is 5.98. The predicted octanol–water partition coefficient (Wildman–Crippen LogP) is 0.0319. The molecule has 2 rings (SSSR count). The zero-order chi connectivity index (χ0) is 17.4. The Morgan fingerprint density at radius 2 is 1.58 bits per heavy atom. The van der Waals surface area contributed by atoms with Crippen molar-refractivity contribution in [1.82, 2.24) is 10.2 Å². The van der Waals surface area contributed by atoms with Gasteiger partial charge in [0.25, 0.3) is 0 Å². The molecule has 3 amide bonds. The van der Waals surface area contributed by atoms with E-state index in [1.54, 1.807) is 24.3 Å². The number of carbonyl (C=O) groups is 3. The van der Waals surface area contributed by atoms with Crippen LogP contribution in [0.4, 0.5) is 11.4 Å². The van der Waals surface area contributed by atoms with E-state index < -0.39 is 11.8 Å². The number of carbonyl (C=O) groups excluding carboxylic acids is 3. The molecule has 1 fully saturated rings. The van der Waals surface area contributed by atoms with Crippen molar-refractivity contribution in [3.05, 3.63) is 24.3 Å². The van der Waals surface area contributed by atoms with Crippen LogP contribution >= 0.6 is 0 Å². The minimum atomic E-state index is -0.718. The van der Waals surface area contributed by atoms with Crippen molar-refractivity contribution >= 4 is 29.1 Å². The van der Waals surface area contributed by atoms with Gasteiger partial charge in [0.2, 0.25) is 5.91 Å². The number of nitrogens with one attached hydrogen (secondary N) is 3. The Bertz CT molecular complexity index is 582. The van der Waals surface area contributed by atoms with Crippen LogP contribution in [-0.2, 0) is 19.1 Å². The molecule has 0 aromatic heterocycles. The van der Waals surface area contributed by atoms with E-state index >= 15 is 0 Å². The molecule has 1 heterocycles. The molecule has 24 heavy (non-hydrogen) atoms. The van der Waals surface area contributed by atoms with E-state index in [9.17, 15) is 14.4 Å². The summed E-state index contributed by atoms with van der Waals surface area (Å²) in [5.74, 6) is -1.56. The molecule has 1 aliphatic rings. The Hall–Kier alpha value is -2.45. The minimum Gasteiger partial charge on any atom is -0.379 e. The van der Waals surface area contributed by atoms with Gasteiger partial charge in [0, 0.05) is 44.5 Å². The van der Waals surface area contributed by atoms with Crippen molar-refractivity contribution in [3.8, 4) is 0 Å². The quantitative estimate of drug-likeness (QED) is 0.660. The summed E-state index contributed by atoms with van der Waals surface area (Å²) < 4.78 is 5.25. The summed E-state index contributed by atoms with van der Waals surface area (Å²) in [6.07, 6.45) is 0. The van der Waals surface area contributed by atoms with E-state index in [1.165, 1.54) is 6.92 Å². The summed E-state index contributed by atoms with van der Waals surface area (Å²) in [5, 5.41) is 7.73. The van der Waals surface area contributed by atoms with Gasteiger partial charge in [-0.2, -0.15) is 0 Å². The predicted molar refractivity (Wildman–Crippen MR) is 89.6 cm³/mol. The molecule has 0 spiro atoms. The molecular formula is C16H22N4O4. The maximum atomic E-state index is 11.8. The van der Waals surface area contributed by atoms with Crippen LogP contribution < -0.4 is 16.0 Å². The van der Waals surface area contributed by atoms with Crippen molar-refractivity contribution < 1.29 is 19.1 Å². The van der Waals surface area contributed by atoms with Crippen molar-refractivity contribution in [2.75, 3.05) is 50.0 Å². The number of morpholine rings is 1. The number of hydrogen-bond donors (Lipinski definition) is 3. The molecule has 1 saturated heterocycles. The largest absolute Gasteiger partial charge is 0.379 e. The zero-order valence-corrected chi connectivity index (χ0v) is 13.6. The SMILES string of the molecule is CC(=O)Nc1ccc(NC(=O)C(=O)NCCN2CCOCC2)cc1. The Balaban J connectivity index is 1.72. The highest BCUT2D eigenvalue weighted by atomic mass is 16.5. The van der Waals surface area contributed by atoms with Crippen LogP contribution in [-0.4, -0.2) is 62.0 Å². The highest BCUT2D eigenvalue weighted by Crippen LogP contribution is 2.13. The monoisotopic (exact) mass is 334 g/mol. The molecule has 0 bridgehead atoms. The highest BCUT2D eigenvalue weighted by molar-refractivity contribution is 6.39. The first-order chi connectivity index (χ1) is 11.5. The zero-order valence-electron chi connectivity index (χ0n) is 13.6. The summed E-state index contributed by atoms with van der Waals surface area (Å²) in [6, 6.07) is 6.52. The van der Waals surface area contributed by atoms with Gasteiger partial charge in [-0.05, 0) is 24.3 Å². The van der Waals surface area contributed by atoms with Gasteiger partial charge in [-0.1, -0.05) is 0 Å². The number of nitrogens with zero attached hydrogens (tertiary/aromatic N) is 1. The van der Waals surface area contributed by atoms with Gasteiger partial charge < -0.3 is 20.7 Å². The molecule has 0 saturated carbocycles. The first-order valence-corrected chi connectivity index (χ1v) is 7.81. The van der Waals surface area contributed by atoms with E-state index in [-0.39, 0.29) is 5.91 Å². The lowest BCUT2D eigenvalue weighted by atomic mass is 10.2. The van der Waals surface area contributed by atoms with Gasteiger partial charge in [-0.3, -0.25) is 19.3 Å². The Labute approximate surface area is 140 Å². The van der Waals surface area contributed by atoms with Crippen molar-refractivity contribution in [3.63, 3.8) is 0 Å². The molecule has 0 unspecified atom stereocenters. The second-order valence-corrected chi connectivity index (χ2v) is 5.42. The fourth-order valence-corrected chi connectivity index (χ4v) is 2.26. The van der Waals surface area contributed by atoms with Crippen molar-refractivity contribution in [1.29, 1.82) is 0 Å². The molecule has 0 atom stereocenters. The molecule has 0 radical (unpaired) electrons. The molecule has 0 aliphatic carbocycles. The van der Waals surface area contributed by atoms with Crippen molar-refractivity contribution in [2.45, 2.75) is 6.92 Å². The van der Waals surface area contributed by atoms with Crippen LogP contribution in [0.2, 0.25) is 0 Å². The number of anilines is 2. The standard InChI is InChI=1S/C16H22N4O4/c1-12(21)18-13-2-4-14(5-3-13)19-16(23)15(22)17-6-7-20-8-10-24-11-9-20/h2-5H,6-11H2,1H3,(H,17,22)(H,18,21)(H,19,23). The maximum absolute atomic E-state index is 11.8. The topological polar surface area (TPSA) is 99.8 Å². The van der Waals surface area contributed by atoms with Gasteiger partial charge in [0.15, 0.2) is 0 Å². The number of rotatable bonds is 5. The Morgan fingerprint density at radius 1 is 1.00 bits per heavy atom. The molecule has 8 nitrogen and oxygen atoms in total. The molecule has 130 valence electrons. The number of benzene rings is 1. The van der Waals surface area contributed by atoms with Crippen molar-refractivity contribution in [2.24, 2.45) is 0 Å². The highest BCUT2D eigenvalue weighted by Gasteiger charge is 2.15. The summed E-state index contributed by atoms with van der Waals surface area (Å²) in [5.41, 5.74) is 1.10. The lowest BCUT2D eigenvalue weighted by molar-refractivity contribution is -0.136. The molecule has 3 N–H and O–H groups in total. The van der Waals surface area contributed by atoms with Crippen LogP contribution in [0, 0.1) is 0 Å². The second kappa shape index (κ2) is 8.99. The number of hydrogen-bond acceptors (Lipinski definition) is 5. The second-order valence-electron chi connectivity index (χ2n) is 5.42. The lowest BCUT2D eigenvalue weighted by Crippen LogP contribution is -2.43. The van der Waals surface area contributed by atoms with E-state index in [0.717, 1.165) is 13.1 Å². The number of amides is 3. The molecule has 1 aromatic carbocycles. The van der Waals surface area contributed by atoms with Gasteiger partial charge in [-0.25, -0.2) is 0 Å². The average Bonchev–Trinajstić information content (AvgIpc) is 2.57. The Morgan fingerprint density at radius 3 is 2.17 bits per heavy atom. The molecule has 1 aliphatic heterocycles. The van der Waals surface area contributed by atoms with E-state index in [2.05, 4.69) is 20.9 Å². The molecule has 8 heteroatoms. The van der Waals surface area contributed by atoms with Gasteiger partial charge in [-0.15, -0.1) is 0 Å². The smallest absolute Gasteiger partial charge is 0.313 e. The summed E-state index contributed by atoms with van der Waals surface area (Å²) in [6.45, 7) is 5.58. The first kappa shape index (κ1) is 17.9. The average molecular weight is 334 g/mol. The van der Waals surface area contributed by atoms with Crippen LogP contribution in [0.25, 0.3) is 0 Å². The van der Waals surface area contributed by atoms with E-state index in [0.29, 0.717) is 37.7 Å². The van der Waals surface area contributed by atoms with Gasteiger partial charge >= 0.3 is 11.8 Å². The Kier molecular flexibility index (Phi) is 6.71. The van der Waals surface area contributed by atoms with Crippen LogP contribution in [0.3, 0.4) is 0 Å². The normalized spacial score (nSPS) is 14.7. The maximum Gasteiger partial charge on any atom is 0.313 e. The fourth-order valence-electron chi connectivity index (χ4n) is 2.26. The minimum absolute atomic E-state index is 0.175.